The first kappa shape index (κ1) is 15.9. The summed E-state index contributed by atoms with van der Waals surface area (Å²) in [5.74, 6) is 0.844. The van der Waals surface area contributed by atoms with Crippen molar-refractivity contribution in [1.82, 2.24) is 0 Å². The summed E-state index contributed by atoms with van der Waals surface area (Å²) in [4.78, 5) is 11.9. The lowest BCUT2D eigenvalue weighted by Crippen LogP contribution is -2.37. The van der Waals surface area contributed by atoms with Gasteiger partial charge >= 0.3 is 5.97 Å². The van der Waals surface area contributed by atoms with Crippen LogP contribution in [-0.2, 0) is 11.2 Å². The number of hydrogen-bond donors (Lipinski definition) is 1. The quantitative estimate of drug-likeness (QED) is 0.883. The number of carboxylic acids is 1. The number of hydrogen-bond acceptors (Lipinski definition) is 2. The van der Waals surface area contributed by atoms with Gasteiger partial charge < -0.3 is 9.84 Å². The van der Waals surface area contributed by atoms with Gasteiger partial charge in [-0.15, -0.1) is 0 Å². The molecule has 0 unspecified atom stereocenters. The third-order valence-corrected chi connectivity index (χ3v) is 5.06. The number of carbonyl (C=O) groups is 1. The molecule has 0 heterocycles. The van der Waals surface area contributed by atoms with E-state index in [0.29, 0.717) is 12.3 Å². The summed E-state index contributed by atoms with van der Waals surface area (Å²) in [6, 6.07) is 6.01. The highest BCUT2D eigenvalue weighted by atomic mass is 16.5. The van der Waals surface area contributed by atoms with Gasteiger partial charge in [0, 0.05) is 0 Å². The molecule has 116 valence electrons. The van der Waals surface area contributed by atoms with Gasteiger partial charge in [-0.25, -0.2) is 0 Å². The van der Waals surface area contributed by atoms with Gasteiger partial charge in [0.25, 0.3) is 0 Å². The summed E-state index contributed by atoms with van der Waals surface area (Å²) >= 11 is 0. The van der Waals surface area contributed by atoms with Crippen LogP contribution in [0.4, 0.5) is 0 Å². The molecule has 0 aromatic heterocycles. The van der Waals surface area contributed by atoms with Crippen molar-refractivity contribution in [2.45, 2.75) is 52.4 Å². The molecule has 0 saturated heterocycles. The maximum atomic E-state index is 11.9. The zero-order valence-corrected chi connectivity index (χ0v) is 13.3. The summed E-state index contributed by atoms with van der Waals surface area (Å²) in [6.07, 6.45) is 5.33. The lowest BCUT2D eigenvalue weighted by atomic mass is 9.67. The van der Waals surface area contributed by atoms with E-state index in [0.717, 1.165) is 49.0 Å². The number of aliphatic carboxylic acids is 1. The Bertz CT molecular complexity index is 499. The standard InChI is InChI=1S/C18H26O3/c1-4-14-7-9-18(10-8-14,17(19)20)12-15-11-13(2)5-6-16(15)21-3/h5-6,11,14H,4,7-10,12H2,1-3H3,(H,19,20). The third kappa shape index (κ3) is 3.39. The van der Waals surface area contributed by atoms with Crippen molar-refractivity contribution in [2.75, 3.05) is 7.11 Å². The van der Waals surface area contributed by atoms with Crippen molar-refractivity contribution in [2.24, 2.45) is 11.3 Å². The zero-order chi connectivity index (χ0) is 15.5. The fourth-order valence-electron chi connectivity index (χ4n) is 3.51. The fraction of sp³-hybridized carbons (Fsp3) is 0.611. The summed E-state index contributed by atoms with van der Waals surface area (Å²) in [7, 11) is 1.65. The van der Waals surface area contributed by atoms with Gasteiger partial charge in [0.05, 0.1) is 12.5 Å². The SMILES string of the molecule is CCC1CCC(Cc2cc(C)ccc2OC)(C(=O)O)CC1. The number of methoxy groups -OCH3 is 1. The molecule has 0 aliphatic heterocycles. The number of aryl methyl sites for hydroxylation is 1. The average molecular weight is 290 g/mol. The molecule has 1 fully saturated rings. The van der Waals surface area contributed by atoms with Crippen molar-refractivity contribution in [3.8, 4) is 5.75 Å². The van der Waals surface area contributed by atoms with Crippen molar-refractivity contribution >= 4 is 5.97 Å². The second-order valence-corrected chi connectivity index (χ2v) is 6.43. The smallest absolute Gasteiger partial charge is 0.309 e. The van der Waals surface area contributed by atoms with E-state index in [1.165, 1.54) is 0 Å². The van der Waals surface area contributed by atoms with E-state index in [4.69, 9.17) is 4.74 Å². The summed E-state index contributed by atoms with van der Waals surface area (Å²) in [6.45, 7) is 4.23. The fourth-order valence-corrected chi connectivity index (χ4v) is 3.51. The van der Waals surface area contributed by atoms with E-state index in [1.807, 2.05) is 19.1 Å². The van der Waals surface area contributed by atoms with Gasteiger partial charge in [-0.05, 0) is 56.6 Å². The lowest BCUT2D eigenvalue weighted by Gasteiger charge is -2.37. The highest BCUT2D eigenvalue weighted by molar-refractivity contribution is 5.75. The summed E-state index contributed by atoms with van der Waals surface area (Å²) < 4.78 is 5.42. The molecule has 3 heteroatoms. The lowest BCUT2D eigenvalue weighted by molar-refractivity contribution is -0.151. The first-order chi connectivity index (χ1) is 10.0. The summed E-state index contributed by atoms with van der Waals surface area (Å²) in [5.41, 5.74) is 1.55. The number of rotatable bonds is 5. The van der Waals surface area contributed by atoms with E-state index in [-0.39, 0.29) is 0 Å². The van der Waals surface area contributed by atoms with Crippen LogP contribution in [-0.4, -0.2) is 18.2 Å². The van der Waals surface area contributed by atoms with E-state index in [2.05, 4.69) is 13.0 Å². The van der Waals surface area contributed by atoms with Crippen LogP contribution in [0.5, 0.6) is 5.75 Å². The van der Waals surface area contributed by atoms with Crippen molar-refractivity contribution in [3.05, 3.63) is 29.3 Å². The second kappa shape index (κ2) is 6.50. The maximum absolute atomic E-state index is 11.9. The van der Waals surface area contributed by atoms with Gasteiger partial charge in [-0.3, -0.25) is 4.79 Å². The number of carboxylic acid groups (broad SMARTS) is 1. The number of benzene rings is 1. The van der Waals surface area contributed by atoms with E-state index in [9.17, 15) is 9.90 Å². The van der Waals surface area contributed by atoms with Crippen LogP contribution in [0.3, 0.4) is 0 Å². The molecule has 1 aromatic carbocycles. The minimum absolute atomic E-state index is 0.573. The molecule has 0 spiro atoms. The Morgan fingerprint density at radius 1 is 1.38 bits per heavy atom. The predicted molar refractivity (Wildman–Crippen MR) is 83.8 cm³/mol. The normalized spacial score (nSPS) is 25.6. The van der Waals surface area contributed by atoms with Crippen molar-refractivity contribution in [3.63, 3.8) is 0 Å². The molecule has 1 aromatic rings. The first-order valence-electron chi connectivity index (χ1n) is 7.87. The van der Waals surface area contributed by atoms with E-state index >= 15 is 0 Å². The van der Waals surface area contributed by atoms with Crippen LogP contribution in [0.25, 0.3) is 0 Å². The predicted octanol–water partition coefficient (Wildman–Crippen LogP) is 4.22. The minimum atomic E-state index is -0.652. The highest BCUT2D eigenvalue weighted by Crippen LogP contribution is 2.44. The average Bonchev–Trinajstić information content (AvgIpc) is 2.48. The Kier molecular flexibility index (Phi) is 4.92. The molecule has 0 radical (unpaired) electrons. The molecule has 3 nitrogen and oxygen atoms in total. The van der Waals surface area contributed by atoms with Crippen LogP contribution in [0.2, 0.25) is 0 Å². The maximum Gasteiger partial charge on any atom is 0.309 e. The minimum Gasteiger partial charge on any atom is -0.496 e. The molecule has 1 aliphatic rings. The highest BCUT2D eigenvalue weighted by Gasteiger charge is 2.42. The molecule has 0 atom stereocenters. The Hall–Kier alpha value is -1.51. The van der Waals surface area contributed by atoms with Crippen LogP contribution in [0.1, 0.15) is 50.2 Å². The zero-order valence-electron chi connectivity index (χ0n) is 13.3. The Labute approximate surface area is 127 Å². The summed E-state index contributed by atoms with van der Waals surface area (Å²) in [5, 5.41) is 9.80. The topological polar surface area (TPSA) is 46.5 Å². The van der Waals surface area contributed by atoms with Gasteiger partial charge in [-0.2, -0.15) is 0 Å². The Morgan fingerprint density at radius 3 is 2.57 bits per heavy atom. The molecule has 2 rings (SSSR count). The van der Waals surface area contributed by atoms with Crippen LogP contribution < -0.4 is 4.74 Å². The van der Waals surface area contributed by atoms with Crippen LogP contribution >= 0.6 is 0 Å². The molecule has 1 N–H and O–H groups in total. The van der Waals surface area contributed by atoms with Crippen molar-refractivity contribution < 1.29 is 14.6 Å². The van der Waals surface area contributed by atoms with E-state index < -0.39 is 11.4 Å². The molecular weight excluding hydrogens is 264 g/mol. The molecule has 0 amide bonds. The molecule has 0 bridgehead atoms. The largest absolute Gasteiger partial charge is 0.496 e. The van der Waals surface area contributed by atoms with Crippen LogP contribution in [0.15, 0.2) is 18.2 Å². The first-order valence-corrected chi connectivity index (χ1v) is 7.87. The van der Waals surface area contributed by atoms with Crippen LogP contribution in [0, 0.1) is 18.3 Å². The monoisotopic (exact) mass is 290 g/mol. The van der Waals surface area contributed by atoms with Gasteiger partial charge in [0.1, 0.15) is 5.75 Å². The Balaban J connectivity index is 2.25. The third-order valence-electron chi connectivity index (χ3n) is 5.06. The molecule has 21 heavy (non-hydrogen) atoms. The number of ether oxygens (including phenoxy) is 1. The van der Waals surface area contributed by atoms with Crippen molar-refractivity contribution in [1.29, 1.82) is 0 Å². The Morgan fingerprint density at radius 2 is 2.05 bits per heavy atom. The van der Waals surface area contributed by atoms with Gasteiger partial charge in [0.15, 0.2) is 0 Å². The molecule has 1 saturated carbocycles. The molecule has 1 aliphatic carbocycles. The molecular formula is C18H26O3. The van der Waals surface area contributed by atoms with Gasteiger partial charge in [0.2, 0.25) is 0 Å². The van der Waals surface area contributed by atoms with E-state index in [1.54, 1.807) is 7.11 Å². The second-order valence-electron chi connectivity index (χ2n) is 6.43. The van der Waals surface area contributed by atoms with Gasteiger partial charge in [-0.1, -0.05) is 31.0 Å².